The molecule has 0 aromatic carbocycles. The molecule has 0 fully saturated rings. The summed E-state index contributed by atoms with van der Waals surface area (Å²) in [6, 6.07) is 0.490. The van der Waals surface area contributed by atoms with Crippen LogP contribution < -0.4 is 0 Å². The summed E-state index contributed by atoms with van der Waals surface area (Å²) in [6.07, 6.45) is 6.77. The van der Waals surface area contributed by atoms with E-state index in [1.807, 2.05) is 23.2 Å². The fourth-order valence-electron chi connectivity index (χ4n) is 0.886. The van der Waals surface area contributed by atoms with Gasteiger partial charge in [-0.25, -0.2) is 0 Å². The predicted molar refractivity (Wildman–Crippen MR) is 47.3 cm³/mol. The molecule has 0 saturated carbocycles. The van der Waals surface area contributed by atoms with Gasteiger partial charge in [0.05, 0.1) is 6.20 Å². The zero-order valence-electron chi connectivity index (χ0n) is 7.12. The van der Waals surface area contributed by atoms with Gasteiger partial charge >= 0.3 is 0 Å². The van der Waals surface area contributed by atoms with Crippen LogP contribution in [0.2, 0.25) is 0 Å². The predicted octanol–water partition coefficient (Wildman–Crippen LogP) is 2.50. The van der Waals surface area contributed by atoms with Gasteiger partial charge in [-0.05, 0) is 13.3 Å². The fraction of sp³-hybridized carbons (Fsp3) is 0.444. The zero-order valence-corrected chi connectivity index (χ0v) is 7.12. The van der Waals surface area contributed by atoms with Gasteiger partial charge in [0.2, 0.25) is 0 Å². The van der Waals surface area contributed by atoms with Crippen LogP contribution in [-0.2, 0) is 0 Å². The lowest BCUT2D eigenvalue weighted by Crippen LogP contribution is -2.03. The Morgan fingerprint density at radius 2 is 2.55 bits per heavy atom. The van der Waals surface area contributed by atoms with Crippen LogP contribution in [0.5, 0.6) is 0 Å². The van der Waals surface area contributed by atoms with Crippen molar-refractivity contribution in [2.75, 3.05) is 0 Å². The first-order valence-corrected chi connectivity index (χ1v) is 3.94. The molecule has 60 valence electrons. The molecule has 2 nitrogen and oxygen atoms in total. The smallest absolute Gasteiger partial charge is 0.0562 e. The van der Waals surface area contributed by atoms with Gasteiger partial charge in [-0.2, -0.15) is 5.10 Å². The quantitative estimate of drug-likeness (QED) is 0.647. The Kier molecular flexibility index (Phi) is 2.47. The molecule has 0 radical (unpaired) electrons. The zero-order chi connectivity index (χ0) is 8.27. The van der Waals surface area contributed by atoms with Crippen LogP contribution in [0.1, 0.15) is 31.9 Å². The van der Waals surface area contributed by atoms with Crippen LogP contribution in [0.3, 0.4) is 0 Å². The molecule has 0 aliphatic heterocycles. The minimum absolute atomic E-state index is 0.490. The maximum atomic E-state index is 4.20. The van der Waals surface area contributed by atoms with E-state index >= 15 is 0 Å². The van der Waals surface area contributed by atoms with Crippen LogP contribution in [0.4, 0.5) is 0 Å². The van der Waals surface area contributed by atoms with E-state index in [4.69, 9.17) is 0 Å². The number of aromatic nitrogens is 2. The van der Waals surface area contributed by atoms with Gasteiger partial charge in [-0.3, -0.25) is 4.68 Å². The summed E-state index contributed by atoms with van der Waals surface area (Å²) < 4.78 is 1.97. The molecule has 1 heterocycles. The van der Waals surface area contributed by atoms with Crippen molar-refractivity contribution in [2.24, 2.45) is 0 Å². The van der Waals surface area contributed by atoms with Gasteiger partial charge < -0.3 is 0 Å². The molecule has 0 N–H and O–H groups in total. The molecule has 1 aromatic heterocycles. The molecule has 0 amide bonds. The van der Waals surface area contributed by atoms with Gasteiger partial charge in [0.1, 0.15) is 0 Å². The molecular formula is C9H14N2. The van der Waals surface area contributed by atoms with E-state index in [0.717, 1.165) is 12.0 Å². The molecule has 0 unspecified atom stereocenters. The Morgan fingerprint density at radius 1 is 1.82 bits per heavy atom. The van der Waals surface area contributed by atoms with Crippen LogP contribution >= 0.6 is 0 Å². The van der Waals surface area contributed by atoms with E-state index in [1.165, 1.54) is 0 Å². The lowest BCUT2D eigenvalue weighted by molar-refractivity contribution is 0.478. The monoisotopic (exact) mass is 150 g/mol. The Morgan fingerprint density at radius 3 is 3.00 bits per heavy atom. The highest BCUT2D eigenvalue weighted by Crippen LogP contribution is 2.09. The molecule has 1 rings (SSSR count). The highest BCUT2D eigenvalue weighted by molar-refractivity contribution is 5.43. The first kappa shape index (κ1) is 8.05. The molecule has 0 bridgehead atoms. The fourth-order valence-corrected chi connectivity index (χ4v) is 0.886. The van der Waals surface area contributed by atoms with Crippen LogP contribution in [-0.4, -0.2) is 9.78 Å². The lowest BCUT2D eigenvalue weighted by Gasteiger charge is -2.07. The van der Waals surface area contributed by atoms with Crippen molar-refractivity contribution >= 4 is 6.08 Å². The van der Waals surface area contributed by atoms with Crippen LogP contribution in [0, 0.1) is 0 Å². The van der Waals surface area contributed by atoms with Gasteiger partial charge in [-0.15, -0.1) is 0 Å². The maximum absolute atomic E-state index is 4.20. The second-order valence-corrected chi connectivity index (χ2v) is 2.72. The third-order valence-corrected chi connectivity index (χ3v) is 1.90. The van der Waals surface area contributed by atoms with Gasteiger partial charge in [0.15, 0.2) is 0 Å². The van der Waals surface area contributed by atoms with Crippen LogP contribution in [0.15, 0.2) is 19.0 Å². The van der Waals surface area contributed by atoms with E-state index in [0.29, 0.717) is 6.04 Å². The largest absolute Gasteiger partial charge is 0.269 e. The third kappa shape index (κ3) is 1.70. The van der Waals surface area contributed by atoms with Crippen molar-refractivity contribution in [3.8, 4) is 0 Å². The molecule has 1 atom stereocenters. The minimum Gasteiger partial charge on any atom is -0.269 e. The average molecular weight is 150 g/mol. The highest BCUT2D eigenvalue weighted by atomic mass is 15.3. The van der Waals surface area contributed by atoms with E-state index in [2.05, 4.69) is 25.5 Å². The summed E-state index contributed by atoms with van der Waals surface area (Å²) in [4.78, 5) is 0. The van der Waals surface area contributed by atoms with E-state index in [-0.39, 0.29) is 0 Å². The molecule has 11 heavy (non-hydrogen) atoms. The average Bonchev–Trinajstić information content (AvgIpc) is 2.50. The summed E-state index contributed by atoms with van der Waals surface area (Å²) in [7, 11) is 0. The summed E-state index contributed by atoms with van der Waals surface area (Å²) in [5, 5.41) is 4.20. The Labute approximate surface area is 67.5 Å². The Bertz CT molecular complexity index is 237. The molecule has 0 aliphatic carbocycles. The van der Waals surface area contributed by atoms with Crippen molar-refractivity contribution in [3.05, 3.63) is 24.5 Å². The van der Waals surface area contributed by atoms with Gasteiger partial charge in [0.25, 0.3) is 0 Å². The number of hydrogen-bond donors (Lipinski definition) is 0. The molecule has 0 saturated heterocycles. The van der Waals surface area contributed by atoms with Crippen LogP contribution in [0.25, 0.3) is 6.08 Å². The third-order valence-electron chi connectivity index (χ3n) is 1.90. The summed E-state index contributed by atoms with van der Waals surface area (Å²) in [5.74, 6) is 0. The van der Waals surface area contributed by atoms with Crippen molar-refractivity contribution in [2.45, 2.75) is 26.3 Å². The second-order valence-electron chi connectivity index (χ2n) is 2.72. The van der Waals surface area contributed by atoms with E-state index < -0.39 is 0 Å². The first-order valence-electron chi connectivity index (χ1n) is 3.94. The number of rotatable bonds is 3. The highest BCUT2D eigenvalue weighted by Gasteiger charge is 2.01. The molecule has 1 aromatic rings. The van der Waals surface area contributed by atoms with E-state index in [1.54, 1.807) is 0 Å². The summed E-state index contributed by atoms with van der Waals surface area (Å²) in [6.45, 7) is 7.98. The summed E-state index contributed by atoms with van der Waals surface area (Å²) >= 11 is 0. The normalized spacial score (nSPS) is 12.9. The van der Waals surface area contributed by atoms with Crippen molar-refractivity contribution < 1.29 is 0 Å². The first-order chi connectivity index (χ1) is 5.27. The van der Waals surface area contributed by atoms with Crippen molar-refractivity contribution in [1.82, 2.24) is 9.78 Å². The van der Waals surface area contributed by atoms with E-state index in [9.17, 15) is 0 Å². The maximum Gasteiger partial charge on any atom is 0.0562 e. The minimum atomic E-state index is 0.490. The van der Waals surface area contributed by atoms with Gasteiger partial charge in [0, 0.05) is 17.8 Å². The lowest BCUT2D eigenvalue weighted by atomic mass is 10.3. The molecule has 0 spiro atoms. The molecule has 0 aliphatic rings. The Balaban J connectivity index is 2.79. The standard InChI is InChI=1S/C9H14N2/c1-4-8(3)11-7-9(5-2)6-10-11/h5-8H,2,4H2,1,3H3/t8-/m1/s1. The summed E-state index contributed by atoms with van der Waals surface area (Å²) in [5.41, 5.74) is 1.09. The number of hydrogen-bond acceptors (Lipinski definition) is 1. The molecular weight excluding hydrogens is 136 g/mol. The SMILES string of the molecule is C=Cc1cnn([C@H](C)CC)c1. The van der Waals surface area contributed by atoms with Crippen molar-refractivity contribution in [3.63, 3.8) is 0 Å². The molecule has 2 heteroatoms. The number of nitrogens with zero attached hydrogens (tertiary/aromatic N) is 2. The topological polar surface area (TPSA) is 17.8 Å². The van der Waals surface area contributed by atoms with Crippen molar-refractivity contribution in [1.29, 1.82) is 0 Å². The Hall–Kier alpha value is -1.05. The van der Waals surface area contributed by atoms with Gasteiger partial charge in [-0.1, -0.05) is 19.6 Å². The second kappa shape index (κ2) is 3.37.